The summed E-state index contributed by atoms with van der Waals surface area (Å²) >= 11 is 2.19. The third-order valence-corrected chi connectivity index (χ3v) is 6.87. The van der Waals surface area contributed by atoms with E-state index in [1.165, 1.54) is 18.6 Å². The van der Waals surface area contributed by atoms with Crippen molar-refractivity contribution >= 4 is 68.1 Å². The van der Waals surface area contributed by atoms with Crippen molar-refractivity contribution in [2.75, 3.05) is 24.8 Å². The quantitative estimate of drug-likeness (QED) is 0.153. The van der Waals surface area contributed by atoms with Gasteiger partial charge in [-0.1, -0.05) is 17.8 Å². The third-order valence-electron chi connectivity index (χ3n) is 5.44. The number of carbonyl (C=O) groups is 4. The van der Waals surface area contributed by atoms with Gasteiger partial charge in [0.1, 0.15) is 31.1 Å². The second-order valence-corrected chi connectivity index (χ2v) is 9.39. The molecule has 0 spiro atoms. The van der Waals surface area contributed by atoms with Crippen LogP contribution in [-0.4, -0.2) is 75.4 Å². The number of aliphatic carboxylic acids is 1. The minimum atomic E-state index is -1.31. The predicted octanol–water partition coefficient (Wildman–Crippen LogP) is 1.25. The number of fused-ring (bicyclic) bond motifs is 1. The number of ether oxygens (including phenoxy) is 1. The van der Waals surface area contributed by atoms with E-state index in [4.69, 9.17) is 15.3 Å². The summed E-state index contributed by atoms with van der Waals surface area (Å²) in [5, 5.41) is 22.2. The maximum absolute atomic E-state index is 13.0. The van der Waals surface area contributed by atoms with Crippen molar-refractivity contribution in [1.29, 1.82) is 0 Å². The minimum absolute atomic E-state index is 0.0190. The summed E-state index contributed by atoms with van der Waals surface area (Å²) in [6.07, 6.45) is 1.32. The summed E-state index contributed by atoms with van der Waals surface area (Å²) in [6, 6.07) is -1.55. The average Bonchev–Trinajstić information content (AvgIpc) is 3.52. The molecule has 0 unspecified atom stereocenters. The van der Waals surface area contributed by atoms with Crippen molar-refractivity contribution in [1.82, 2.24) is 20.2 Å². The van der Waals surface area contributed by atoms with E-state index in [0.717, 1.165) is 27.6 Å². The number of hydrogen-bond acceptors (Lipinski definition) is 12. The Morgan fingerprint density at radius 1 is 1.35 bits per heavy atom. The van der Waals surface area contributed by atoms with Crippen LogP contribution in [0.3, 0.4) is 0 Å². The number of aromatic nitrogens is 2. The number of rotatable bonds is 9. The van der Waals surface area contributed by atoms with E-state index in [-0.39, 0.29) is 40.4 Å². The molecule has 3 amide bonds. The normalized spacial score (nSPS) is 19.0. The highest BCUT2D eigenvalue weighted by molar-refractivity contribution is 7.14. The number of carboxylic acid groups (broad SMARTS) is 1. The number of nitrogen functional groups attached to an aromatic ring is 1. The van der Waals surface area contributed by atoms with Crippen LogP contribution in [-0.2, 0) is 24.0 Å². The molecule has 0 radical (unpaired) electrons. The van der Waals surface area contributed by atoms with Gasteiger partial charge < -0.3 is 25.7 Å². The SMILES string of the molecule is C=CCOC(=O)Nc1nc(C2=C(C(=O)O)N3C(=O)[C@@H](NC(=O)/C(=N\OC)c4csc(N)n4)[C@H]3CC2)cs1. The molecule has 1 saturated heterocycles. The zero-order valence-electron chi connectivity index (χ0n) is 19.3. The molecule has 4 rings (SSSR count). The molecule has 2 aliphatic rings. The van der Waals surface area contributed by atoms with E-state index in [0.29, 0.717) is 17.7 Å². The average molecular weight is 548 g/mol. The van der Waals surface area contributed by atoms with Crippen LogP contribution in [0.2, 0.25) is 0 Å². The molecule has 194 valence electrons. The van der Waals surface area contributed by atoms with Crippen molar-refractivity contribution in [3.8, 4) is 0 Å². The third kappa shape index (κ3) is 5.14. The van der Waals surface area contributed by atoms with Crippen molar-refractivity contribution < 1.29 is 33.9 Å². The van der Waals surface area contributed by atoms with E-state index in [1.807, 2.05) is 0 Å². The maximum atomic E-state index is 13.0. The second kappa shape index (κ2) is 10.8. The summed E-state index contributed by atoms with van der Waals surface area (Å²) < 4.78 is 4.85. The van der Waals surface area contributed by atoms with Crippen LogP contribution >= 0.6 is 22.7 Å². The monoisotopic (exact) mass is 547 g/mol. The number of nitrogens with two attached hydrogens (primary N) is 1. The Labute approximate surface area is 217 Å². The molecular weight excluding hydrogens is 526 g/mol. The molecule has 37 heavy (non-hydrogen) atoms. The van der Waals surface area contributed by atoms with Gasteiger partial charge in [0.25, 0.3) is 11.8 Å². The minimum Gasteiger partial charge on any atom is -0.477 e. The fraction of sp³-hybridized carbons (Fsp3) is 0.286. The number of β-lactam (4-membered cyclic amide) rings is 1. The Morgan fingerprint density at radius 3 is 2.78 bits per heavy atom. The smallest absolute Gasteiger partial charge is 0.413 e. The van der Waals surface area contributed by atoms with Gasteiger partial charge in [0.05, 0.1) is 11.7 Å². The highest BCUT2D eigenvalue weighted by Crippen LogP contribution is 2.41. The van der Waals surface area contributed by atoms with Gasteiger partial charge in [0.2, 0.25) is 0 Å². The van der Waals surface area contributed by atoms with Crippen LogP contribution in [0.4, 0.5) is 15.1 Å². The first-order valence-corrected chi connectivity index (χ1v) is 12.4. The molecular formula is C21H21N7O7S2. The van der Waals surface area contributed by atoms with Crippen LogP contribution in [0.15, 0.2) is 34.3 Å². The predicted molar refractivity (Wildman–Crippen MR) is 134 cm³/mol. The fourth-order valence-electron chi connectivity index (χ4n) is 3.94. The lowest BCUT2D eigenvalue weighted by molar-refractivity contribution is -0.154. The zero-order chi connectivity index (χ0) is 26.7. The molecule has 2 atom stereocenters. The van der Waals surface area contributed by atoms with Gasteiger partial charge >= 0.3 is 12.1 Å². The molecule has 0 bridgehead atoms. The van der Waals surface area contributed by atoms with E-state index in [1.54, 1.807) is 5.38 Å². The highest BCUT2D eigenvalue weighted by atomic mass is 32.1. The maximum Gasteiger partial charge on any atom is 0.413 e. The molecule has 2 aromatic heterocycles. The van der Waals surface area contributed by atoms with Crippen LogP contribution in [0.25, 0.3) is 5.57 Å². The number of thiazole rings is 2. The molecule has 14 nitrogen and oxygen atoms in total. The Bertz CT molecular complexity index is 1330. The first kappa shape index (κ1) is 25.8. The molecule has 0 saturated carbocycles. The topological polar surface area (TPSA) is 198 Å². The molecule has 5 N–H and O–H groups in total. The van der Waals surface area contributed by atoms with Crippen LogP contribution in [0, 0.1) is 0 Å². The molecule has 16 heteroatoms. The number of anilines is 2. The Hall–Kier alpha value is -4.31. The summed E-state index contributed by atoms with van der Waals surface area (Å²) in [5.74, 6) is -2.62. The fourth-order valence-corrected chi connectivity index (χ4v) is 5.20. The lowest BCUT2D eigenvalue weighted by Gasteiger charge is -2.50. The van der Waals surface area contributed by atoms with Crippen molar-refractivity contribution in [2.24, 2.45) is 5.16 Å². The number of allylic oxidation sites excluding steroid dienone is 1. The van der Waals surface area contributed by atoms with Crippen LogP contribution in [0.5, 0.6) is 0 Å². The van der Waals surface area contributed by atoms with Crippen molar-refractivity contribution in [3.63, 3.8) is 0 Å². The zero-order valence-corrected chi connectivity index (χ0v) is 20.9. The summed E-state index contributed by atoms with van der Waals surface area (Å²) in [6.45, 7) is 3.47. The van der Waals surface area contributed by atoms with Crippen LogP contribution in [0.1, 0.15) is 24.2 Å². The molecule has 1 fully saturated rings. The number of nitrogens with one attached hydrogen (secondary N) is 2. The number of oxime groups is 1. The molecule has 4 heterocycles. The number of nitrogens with zero attached hydrogens (tertiary/aromatic N) is 4. The van der Waals surface area contributed by atoms with Gasteiger partial charge in [-0.2, -0.15) is 0 Å². The number of carbonyl (C=O) groups excluding carboxylic acids is 3. The van der Waals surface area contributed by atoms with Crippen molar-refractivity contribution in [3.05, 3.63) is 40.5 Å². The van der Waals surface area contributed by atoms with E-state index < -0.39 is 36.0 Å². The van der Waals surface area contributed by atoms with E-state index >= 15 is 0 Å². The Morgan fingerprint density at radius 2 is 2.14 bits per heavy atom. The number of amides is 3. The van der Waals surface area contributed by atoms with Gasteiger partial charge in [-0.15, -0.1) is 22.7 Å². The summed E-state index contributed by atoms with van der Waals surface area (Å²) in [5.41, 5.74) is 6.08. The first-order chi connectivity index (χ1) is 17.7. The van der Waals surface area contributed by atoms with E-state index in [2.05, 4.69) is 32.3 Å². The van der Waals surface area contributed by atoms with Gasteiger partial charge in [0.15, 0.2) is 16.0 Å². The lowest BCUT2D eigenvalue weighted by Crippen LogP contribution is -2.72. The Balaban J connectivity index is 1.52. The summed E-state index contributed by atoms with van der Waals surface area (Å²) in [4.78, 5) is 64.0. The Kier molecular flexibility index (Phi) is 7.49. The second-order valence-electron chi connectivity index (χ2n) is 7.64. The number of hydrogen-bond donors (Lipinski definition) is 4. The molecule has 2 aromatic rings. The molecule has 0 aliphatic carbocycles. The standard InChI is InChI=1S/C21H21N7O7S2/c1-3-6-35-21(33)26-20-24-10(7-37-20)9-4-5-12-14(17(30)28(12)15(9)18(31)32)25-16(29)13(27-34-2)11-8-36-19(22)23-11/h3,7-8,12,14H,1,4-6H2,2H3,(H2,22,23)(H,25,29)(H,31,32)(H,24,26,33)/b27-13-/t12-,14+/m1/s1. The van der Waals surface area contributed by atoms with Gasteiger partial charge in [-0.05, 0) is 12.8 Å². The largest absolute Gasteiger partial charge is 0.477 e. The lowest BCUT2D eigenvalue weighted by atomic mass is 9.82. The molecule has 0 aromatic carbocycles. The number of carboxylic acids is 1. The van der Waals surface area contributed by atoms with Gasteiger partial charge in [-0.25, -0.2) is 19.6 Å². The molecule has 2 aliphatic heterocycles. The van der Waals surface area contributed by atoms with Gasteiger partial charge in [-0.3, -0.25) is 19.8 Å². The highest BCUT2D eigenvalue weighted by Gasteiger charge is 2.54. The van der Waals surface area contributed by atoms with Crippen molar-refractivity contribution in [2.45, 2.75) is 24.9 Å². The summed E-state index contributed by atoms with van der Waals surface area (Å²) in [7, 11) is 1.26. The van der Waals surface area contributed by atoms with E-state index in [9.17, 15) is 24.3 Å². The first-order valence-electron chi connectivity index (χ1n) is 10.7. The van der Waals surface area contributed by atoms with Gasteiger partial charge in [0, 0.05) is 16.3 Å². The van der Waals surface area contributed by atoms with Crippen LogP contribution < -0.4 is 16.4 Å².